The number of hydrogen-bond donors (Lipinski definition) is 1. The highest BCUT2D eigenvalue weighted by Gasteiger charge is 2.46. The molecular formula is C29H36FNO7. The fraction of sp³-hybridized carbons (Fsp3) is 0.448. The number of amides is 1. The molecule has 0 aromatic heterocycles. The minimum Gasteiger partial charge on any atom is -0.469 e. The van der Waals surface area contributed by atoms with E-state index in [0.29, 0.717) is 5.56 Å². The minimum atomic E-state index is -1.60. The van der Waals surface area contributed by atoms with Crippen molar-refractivity contribution in [3.8, 4) is 0 Å². The second-order valence-corrected chi connectivity index (χ2v) is 10.3. The van der Waals surface area contributed by atoms with Crippen LogP contribution >= 0.6 is 0 Å². The molecule has 2 aromatic rings. The van der Waals surface area contributed by atoms with Gasteiger partial charge in [-0.15, -0.1) is 0 Å². The lowest BCUT2D eigenvalue weighted by Gasteiger charge is -2.31. The van der Waals surface area contributed by atoms with Crippen LogP contribution in [0.15, 0.2) is 54.6 Å². The van der Waals surface area contributed by atoms with Crippen LogP contribution < -0.4 is 5.32 Å². The standard InChI is InChI=1S/C29H36FNO7/c1-18(2)24(31-28(35)37-17-20-10-8-7-9-11-20)25(32)23(27(34)38-29(3,4)5)22(26(33)36-6)16-19-12-14-21(30)15-13-19/h7-15,18,22-24H,16-17H2,1-6H3,(H,31,35)/t22-,23?,24+/m1/s1. The van der Waals surface area contributed by atoms with Gasteiger partial charge >= 0.3 is 18.0 Å². The molecule has 1 N–H and O–H groups in total. The second-order valence-electron chi connectivity index (χ2n) is 10.3. The van der Waals surface area contributed by atoms with Crippen LogP contribution in [-0.4, -0.2) is 42.6 Å². The van der Waals surface area contributed by atoms with E-state index >= 15 is 0 Å². The Bertz CT molecular complexity index is 1090. The topological polar surface area (TPSA) is 108 Å². The molecule has 9 heteroatoms. The first-order valence-corrected chi connectivity index (χ1v) is 12.4. The lowest BCUT2D eigenvalue weighted by Crippen LogP contribution is -2.52. The van der Waals surface area contributed by atoms with Crippen LogP contribution in [0, 0.1) is 23.6 Å². The molecular weight excluding hydrogens is 493 g/mol. The third-order valence-corrected chi connectivity index (χ3v) is 5.70. The second kappa shape index (κ2) is 13.7. The number of Topliss-reactive ketones (excluding diaryl/α,β-unsaturated/α-hetero) is 1. The van der Waals surface area contributed by atoms with E-state index in [0.717, 1.165) is 12.7 Å². The Morgan fingerprint density at radius 3 is 2.03 bits per heavy atom. The monoisotopic (exact) mass is 529 g/mol. The number of carbonyl (C=O) groups is 4. The van der Waals surface area contributed by atoms with Crippen LogP contribution in [0.4, 0.5) is 9.18 Å². The van der Waals surface area contributed by atoms with Gasteiger partial charge in [-0.05, 0) is 56.4 Å². The Balaban J connectivity index is 2.38. The third kappa shape index (κ3) is 9.28. The average Bonchev–Trinajstić information content (AvgIpc) is 2.85. The number of rotatable bonds is 11. The van der Waals surface area contributed by atoms with E-state index in [1.165, 1.54) is 24.3 Å². The highest BCUT2D eigenvalue weighted by atomic mass is 19.1. The Kier molecular flexibility index (Phi) is 11.0. The molecule has 3 atom stereocenters. The van der Waals surface area contributed by atoms with Gasteiger partial charge in [-0.1, -0.05) is 56.3 Å². The quantitative estimate of drug-likeness (QED) is 0.257. The summed E-state index contributed by atoms with van der Waals surface area (Å²) in [5.41, 5.74) is 0.313. The van der Waals surface area contributed by atoms with Crippen molar-refractivity contribution >= 4 is 23.8 Å². The molecule has 0 spiro atoms. The van der Waals surface area contributed by atoms with Crippen molar-refractivity contribution in [1.82, 2.24) is 5.32 Å². The number of ketones is 1. The molecule has 8 nitrogen and oxygen atoms in total. The number of nitrogens with one attached hydrogen (secondary N) is 1. The summed E-state index contributed by atoms with van der Waals surface area (Å²) < 4.78 is 29.2. The summed E-state index contributed by atoms with van der Waals surface area (Å²) in [6.45, 7) is 8.28. The molecule has 0 bridgehead atoms. The van der Waals surface area contributed by atoms with Crippen molar-refractivity contribution in [2.24, 2.45) is 17.8 Å². The Hall–Kier alpha value is -3.75. The van der Waals surface area contributed by atoms with Gasteiger partial charge in [0.05, 0.1) is 19.1 Å². The highest BCUT2D eigenvalue weighted by Crippen LogP contribution is 2.27. The van der Waals surface area contributed by atoms with Crippen LogP contribution in [0.25, 0.3) is 0 Å². The maximum Gasteiger partial charge on any atom is 0.408 e. The van der Waals surface area contributed by atoms with Crippen LogP contribution in [-0.2, 0) is 41.6 Å². The van der Waals surface area contributed by atoms with E-state index in [1.54, 1.807) is 58.9 Å². The van der Waals surface area contributed by atoms with E-state index < -0.39 is 59.0 Å². The van der Waals surface area contributed by atoms with Gasteiger partial charge < -0.3 is 19.5 Å². The maximum absolute atomic E-state index is 13.9. The van der Waals surface area contributed by atoms with Gasteiger partial charge in [0.1, 0.15) is 23.9 Å². The van der Waals surface area contributed by atoms with Gasteiger partial charge in [0.2, 0.25) is 0 Å². The van der Waals surface area contributed by atoms with E-state index in [4.69, 9.17) is 14.2 Å². The number of alkyl carbamates (subject to hydrolysis) is 1. The number of ether oxygens (including phenoxy) is 3. The predicted octanol–water partition coefficient (Wildman–Crippen LogP) is 4.64. The van der Waals surface area contributed by atoms with E-state index in [2.05, 4.69) is 5.32 Å². The van der Waals surface area contributed by atoms with Crippen molar-refractivity contribution < 1.29 is 37.8 Å². The molecule has 0 fully saturated rings. The van der Waals surface area contributed by atoms with Crippen LogP contribution in [0.1, 0.15) is 45.7 Å². The number of benzene rings is 2. The minimum absolute atomic E-state index is 0.0173. The summed E-state index contributed by atoms with van der Waals surface area (Å²) in [6.07, 6.45) is -0.941. The van der Waals surface area contributed by atoms with Crippen LogP contribution in [0.2, 0.25) is 0 Å². The third-order valence-electron chi connectivity index (χ3n) is 5.70. The smallest absolute Gasteiger partial charge is 0.408 e. The van der Waals surface area contributed by atoms with E-state index in [-0.39, 0.29) is 13.0 Å². The summed E-state index contributed by atoms with van der Waals surface area (Å²) >= 11 is 0. The largest absolute Gasteiger partial charge is 0.469 e. The molecule has 2 aromatic carbocycles. The van der Waals surface area contributed by atoms with Crippen molar-refractivity contribution in [2.75, 3.05) is 7.11 Å². The van der Waals surface area contributed by atoms with Crippen molar-refractivity contribution in [2.45, 2.75) is 59.3 Å². The first-order chi connectivity index (χ1) is 17.8. The Morgan fingerprint density at radius 2 is 1.50 bits per heavy atom. The summed E-state index contributed by atoms with van der Waals surface area (Å²) in [4.78, 5) is 52.8. The van der Waals surface area contributed by atoms with Gasteiger partial charge in [-0.2, -0.15) is 0 Å². The van der Waals surface area contributed by atoms with Crippen molar-refractivity contribution in [3.05, 3.63) is 71.5 Å². The highest BCUT2D eigenvalue weighted by molar-refractivity contribution is 6.06. The molecule has 0 saturated heterocycles. The number of halogens is 1. The molecule has 206 valence electrons. The van der Waals surface area contributed by atoms with Crippen LogP contribution in [0.3, 0.4) is 0 Å². The average molecular weight is 530 g/mol. The molecule has 2 rings (SSSR count). The molecule has 0 radical (unpaired) electrons. The first kappa shape index (κ1) is 30.5. The Morgan fingerprint density at radius 1 is 0.895 bits per heavy atom. The summed E-state index contributed by atoms with van der Waals surface area (Å²) in [5, 5.41) is 2.55. The molecule has 1 amide bonds. The molecule has 1 unspecified atom stereocenters. The maximum atomic E-state index is 13.9. The van der Waals surface area contributed by atoms with Crippen molar-refractivity contribution in [3.63, 3.8) is 0 Å². The molecule has 38 heavy (non-hydrogen) atoms. The fourth-order valence-corrected chi connectivity index (χ4v) is 3.86. The van der Waals surface area contributed by atoms with Gasteiger partial charge in [0.15, 0.2) is 5.78 Å². The zero-order valence-corrected chi connectivity index (χ0v) is 22.7. The summed E-state index contributed by atoms with van der Waals surface area (Å²) in [6, 6.07) is 13.2. The number of carbonyl (C=O) groups excluding carboxylic acids is 4. The van der Waals surface area contributed by atoms with Gasteiger partial charge in [-0.25, -0.2) is 9.18 Å². The predicted molar refractivity (Wildman–Crippen MR) is 138 cm³/mol. The zero-order valence-electron chi connectivity index (χ0n) is 22.7. The normalized spacial score (nSPS) is 13.7. The lowest BCUT2D eigenvalue weighted by atomic mass is 9.79. The number of esters is 2. The lowest BCUT2D eigenvalue weighted by molar-refractivity contribution is -0.170. The van der Waals surface area contributed by atoms with E-state index in [9.17, 15) is 23.6 Å². The molecule has 0 aliphatic rings. The first-order valence-electron chi connectivity index (χ1n) is 12.4. The molecule has 0 aliphatic carbocycles. The number of hydrogen-bond acceptors (Lipinski definition) is 7. The summed E-state index contributed by atoms with van der Waals surface area (Å²) in [5.74, 6) is -6.27. The summed E-state index contributed by atoms with van der Waals surface area (Å²) in [7, 11) is 1.15. The molecule has 0 saturated carbocycles. The van der Waals surface area contributed by atoms with Crippen molar-refractivity contribution in [1.29, 1.82) is 0 Å². The number of methoxy groups -OCH3 is 1. The molecule has 0 aliphatic heterocycles. The zero-order chi connectivity index (χ0) is 28.5. The van der Waals surface area contributed by atoms with Gasteiger partial charge in [0.25, 0.3) is 0 Å². The van der Waals surface area contributed by atoms with E-state index in [1.807, 2.05) is 6.07 Å². The molecule has 0 heterocycles. The van der Waals surface area contributed by atoms with Crippen LogP contribution in [0.5, 0.6) is 0 Å². The van der Waals surface area contributed by atoms with Gasteiger partial charge in [0, 0.05) is 0 Å². The Labute approximate surface area is 222 Å². The van der Waals surface area contributed by atoms with Gasteiger partial charge in [-0.3, -0.25) is 14.4 Å². The fourth-order valence-electron chi connectivity index (χ4n) is 3.86. The SMILES string of the molecule is COC(=O)[C@H](Cc1ccc(F)cc1)C(C(=O)OC(C)(C)C)C(=O)[C@@H](NC(=O)OCc1ccccc1)C(C)C.